The number of rotatable bonds is 7. The molecule has 7 nitrogen and oxygen atoms in total. The molecule has 1 amide bonds. The molecule has 34 heavy (non-hydrogen) atoms. The van der Waals surface area contributed by atoms with Gasteiger partial charge in [-0.2, -0.15) is 0 Å². The number of hydrogen-bond acceptors (Lipinski definition) is 5. The predicted molar refractivity (Wildman–Crippen MR) is 126 cm³/mol. The fourth-order valence-corrected chi connectivity index (χ4v) is 4.76. The van der Waals surface area contributed by atoms with Crippen LogP contribution in [0.1, 0.15) is 28.9 Å². The first-order valence-corrected chi connectivity index (χ1v) is 12.6. The van der Waals surface area contributed by atoms with Crippen molar-refractivity contribution in [1.29, 1.82) is 0 Å². The monoisotopic (exact) mass is 503 g/mol. The first-order valence-electron chi connectivity index (χ1n) is 10.7. The van der Waals surface area contributed by atoms with Crippen LogP contribution in [0.4, 0.5) is 4.39 Å². The van der Waals surface area contributed by atoms with Crippen molar-refractivity contribution in [3.8, 4) is 5.75 Å². The number of halogens is 2. The molecular weight excluding hydrogens is 481 g/mol. The summed E-state index contributed by atoms with van der Waals surface area (Å²) in [5.41, 5.74) is 0.834. The highest BCUT2D eigenvalue weighted by atomic mass is 35.5. The molecule has 0 aliphatic carbocycles. The lowest BCUT2D eigenvalue weighted by molar-refractivity contribution is 0.0590. The number of aromatic nitrogens is 1. The van der Waals surface area contributed by atoms with Gasteiger partial charge >= 0.3 is 0 Å². The minimum atomic E-state index is -3.82. The molecule has 2 heterocycles. The third-order valence-electron chi connectivity index (χ3n) is 5.48. The zero-order valence-corrected chi connectivity index (χ0v) is 19.7. The number of carbonyl (C=O) groups is 1. The Labute approximate surface area is 202 Å². The Balaban J connectivity index is 1.33. The average molecular weight is 504 g/mol. The second-order valence-corrected chi connectivity index (χ2v) is 10.1. The number of benzene rings is 2. The molecule has 1 fully saturated rings. The number of hydrogen-bond donors (Lipinski definition) is 1. The van der Waals surface area contributed by atoms with Gasteiger partial charge in [-0.05, 0) is 66.2 Å². The van der Waals surface area contributed by atoms with E-state index in [0.29, 0.717) is 36.5 Å². The third-order valence-corrected chi connectivity index (χ3v) is 7.15. The van der Waals surface area contributed by atoms with Gasteiger partial charge in [-0.1, -0.05) is 11.6 Å². The van der Waals surface area contributed by atoms with Gasteiger partial charge in [0.1, 0.15) is 23.4 Å². The topological polar surface area (TPSA) is 88.6 Å². The number of sulfonamides is 1. The summed E-state index contributed by atoms with van der Waals surface area (Å²) in [6.07, 6.45) is 2.85. The number of likely N-dealkylation sites (tertiary alicyclic amines) is 1. The third kappa shape index (κ3) is 6.11. The quantitative estimate of drug-likeness (QED) is 0.525. The molecule has 10 heteroatoms. The molecule has 0 atom stereocenters. The van der Waals surface area contributed by atoms with Gasteiger partial charge in [-0.25, -0.2) is 17.5 Å². The van der Waals surface area contributed by atoms with Gasteiger partial charge in [0, 0.05) is 43.7 Å². The zero-order chi connectivity index (χ0) is 24.1. The van der Waals surface area contributed by atoms with Crippen molar-refractivity contribution < 1.29 is 22.3 Å². The lowest BCUT2D eigenvalue weighted by Gasteiger charge is -2.32. The van der Waals surface area contributed by atoms with Gasteiger partial charge in [0.15, 0.2) is 0 Å². The van der Waals surface area contributed by atoms with Crippen molar-refractivity contribution in [3.63, 3.8) is 0 Å². The summed E-state index contributed by atoms with van der Waals surface area (Å²) in [6, 6.07) is 14.9. The van der Waals surface area contributed by atoms with Crippen molar-refractivity contribution in [1.82, 2.24) is 14.6 Å². The number of pyridine rings is 1. The molecule has 1 aliphatic heterocycles. The summed E-state index contributed by atoms with van der Waals surface area (Å²) in [6.45, 7) is 1.03. The van der Waals surface area contributed by atoms with Crippen molar-refractivity contribution in [2.45, 2.75) is 30.4 Å². The molecule has 1 aromatic heterocycles. The van der Waals surface area contributed by atoms with E-state index in [9.17, 15) is 17.6 Å². The van der Waals surface area contributed by atoms with Crippen LogP contribution in [0.5, 0.6) is 5.75 Å². The maximum atomic E-state index is 13.1. The summed E-state index contributed by atoms with van der Waals surface area (Å²) in [4.78, 5) is 18.8. The number of amides is 1. The molecule has 2 aromatic carbocycles. The minimum absolute atomic E-state index is 0.00499. The van der Waals surface area contributed by atoms with E-state index in [2.05, 4.69) is 9.71 Å². The summed E-state index contributed by atoms with van der Waals surface area (Å²) in [5, 5.41) is 0.644. The summed E-state index contributed by atoms with van der Waals surface area (Å²) in [5.74, 6) is 0.0108. The van der Waals surface area contributed by atoms with Crippen LogP contribution in [0, 0.1) is 5.82 Å². The Morgan fingerprint density at radius 2 is 1.76 bits per heavy atom. The van der Waals surface area contributed by atoms with Crippen LogP contribution in [-0.2, 0) is 16.6 Å². The molecule has 0 saturated carbocycles. The number of ether oxygens (including phenoxy) is 1. The van der Waals surface area contributed by atoms with E-state index < -0.39 is 15.8 Å². The smallest absolute Gasteiger partial charge is 0.272 e. The van der Waals surface area contributed by atoms with Crippen LogP contribution >= 0.6 is 11.6 Å². The molecular formula is C24H23ClFN3O4S. The Kier molecular flexibility index (Phi) is 7.45. The van der Waals surface area contributed by atoms with Crippen molar-refractivity contribution in [2.75, 3.05) is 13.1 Å². The van der Waals surface area contributed by atoms with Gasteiger partial charge < -0.3 is 9.64 Å². The first-order chi connectivity index (χ1) is 16.3. The Bertz CT molecular complexity index is 1250. The Hall–Kier alpha value is -3.01. The molecule has 4 rings (SSSR count). The fourth-order valence-electron chi connectivity index (χ4n) is 3.62. The lowest BCUT2D eigenvalue weighted by atomic mass is 10.1. The minimum Gasteiger partial charge on any atom is -0.490 e. The van der Waals surface area contributed by atoms with E-state index in [-0.39, 0.29) is 29.1 Å². The summed E-state index contributed by atoms with van der Waals surface area (Å²) in [7, 11) is -3.82. The molecule has 1 saturated heterocycles. The molecule has 0 unspecified atom stereocenters. The van der Waals surface area contributed by atoms with E-state index in [0.717, 1.165) is 17.9 Å². The van der Waals surface area contributed by atoms with Crippen LogP contribution in [0.3, 0.4) is 0 Å². The van der Waals surface area contributed by atoms with Gasteiger partial charge in [0.25, 0.3) is 5.91 Å². The van der Waals surface area contributed by atoms with Crippen LogP contribution < -0.4 is 9.46 Å². The highest BCUT2D eigenvalue weighted by Gasteiger charge is 2.25. The van der Waals surface area contributed by atoms with Gasteiger partial charge in [0.2, 0.25) is 10.0 Å². The van der Waals surface area contributed by atoms with E-state index in [1.54, 1.807) is 29.2 Å². The Morgan fingerprint density at radius 3 is 2.44 bits per heavy atom. The maximum absolute atomic E-state index is 13.1. The van der Waals surface area contributed by atoms with Gasteiger partial charge in [-0.3, -0.25) is 9.78 Å². The lowest BCUT2D eigenvalue weighted by Crippen LogP contribution is -2.42. The van der Waals surface area contributed by atoms with Crippen molar-refractivity contribution in [3.05, 3.63) is 89.0 Å². The molecule has 0 bridgehead atoms. The number of nitrogens with zero attached hydrogens (tertiary/aromatic N) is 2. The SMILES string of the molecule is O=C(c1cc(CNS(=O)(=O)c2ccc(F)cc2)ccn1)N1CCC(Oc2ccc(Cl)cc2)CC1. The normalized spacial score (nSPS) is 14.7. The molecule has 178 valence electrons. The standard InChI is InChI=1S/C24H23ClFN3O4S/c25-18-1-5-20(6-2-18)33-21-10-13-29(14-11-21)24(30)23-15-17(9-12-27-23)16-28-34(31,32)22-7-3-19(26)4-8-22/h1-9,12,15,21,28H,10-11,13-14,16H2. The van der Waals surface area contributed by atoms with Crippen molar-refractivity contribution in [2.24, 2.45) is 0 Å². The van der Waals surface area contributed by atoms with Crippen LogP contribution in [0.2, 0.25) is 5.02 Å². The fraction of sp³-hybridized carbons (Fsp3) is 0.250. The molecule has 0 spiro atoms. The summed E-state index contributed by atoms with van der Waals surface area (Å²) < 4.78 is 46.3. The number of piperidine rings is 1. The second kappa shape index (κ2) is 10.5. The van der Waals surface area contributed by atoms with Crippen LogP contribution in [0.25, 0.3) is 0 Å². The van der Waals surface area contributed by atoms with E-state index >= 15 is 0 Å². The van der Waals surface area contributed by atoms with E-state index in [4.69, 9.17) is 16.3 Å². The first kappa shape index (κ1) is 24.1. The number of nitrogens with one attached hydrogen (secondary N) is 1. The average Bonchev–Trinajstić information content (AvgIpc) is 2.85. The van der Waals surface area contributed by atoms with E-state index in [1.807, 2.05) is 12.1 Å². The van der Waals surface area contributed by atoms with Crippen LogP contribution in [0.15, 0.2) is 71.8 Å². The van der Waals surface area contributed by atoms with Crippen molar-refractivity contribution >= 4 is 27.5 Å². The zero-order valence-electron chi connectivity index (χ0n) is 18.2. The maximum Gasteiger partial charge on any atom is 0.272 e. The number of carbonyl (C=O) groups excluding carboxylic acids is 1. The van der Waals surface area contributed by atoms with Crippen LogP contribution in [-0.4, -0.2) is 43.4 Å². The predicted octanol–water partition coefficient (Wildman–Crippen LogP) is 4.04. The molecule has 0 radical (unpaired) electrons. The second-order valence-electron chi connectivity index (χ2n) is 7.89. The molecule has 1 aliphatic rings. The van der Waals surface area contributed by atoms with E-state index in [1.165, 1.54) is 18.3 Å². The largest absolute Gasteiger partial charge is 0.490 e. The summed E-state index contributed by atoms with van der Waals surface area (Å²) >= 11 is 5.90. The molecule has 1 N–H and O–H groups in total. The van der Waals surface area contributed by atoms with Gasteiger partial charge in [-0.15, -0.1) is 0 Å². The highest BCUT2D eigenvalue weighted by molar-refractivity contribution is 7.89. The highest BCUT2D eigenvalue weighted by Crippen LogP contribution is 2.22. The Morgan fingerprint density at radius 1 is 1.09 bits per heavy atom. The van der Waals surface area contributed by atoms with Gasteiger partial charge in [0.05, 0.1) is 4.90 Å². The molecule has 3 aromatic rings.